The summed E-state index contributed by atoms with van der Waals surface area (Å²) in [5, 5.41) is 6.13. The summed E-state index contributed by atoms with van der Waals surface area (Å²) < 4.78 is 0. The number of nitrogens with two attached hydrogens (primary N) is 1. The summed E-state index contributed by atoms with van der Waals surface area (Å²) in [6.45, 7) is 4.39. The Labute approximate surface area is 155 Å². The molecule has 0 spiro atoms. The molecule has 140 valence electrons. The van der Waals surface area contributed by atoms with Crippen LogP contribution in [-0.4, -0.2) is 26.9 Å². The molecule has 2 aromatic heterocycles. The molecule has 0 bridgehead atoms. The Kier molecular flexibility index (Phi) is 5.30. The fourth-order valence-corrected chi connectivity index (χ4v) is 2.45. The van der Waals surface area contributed by atoms with Crippen molar-refractivity contribution in [1.82, 2.24) is 20.3 Å². The first-order valence-corrected chi connectivity index (χ1v) is 8.68. The number of anilines is 2. The molecule has 9 nitrogen and oxygen atoms in total. The van der Waals surface area contributed by atoms with Gasteiger partial charge in [-0.1, -0.05) is 6.92 Å². The summed E-state index contributed by atoms with van der Waals surface area (Å²) in [6.07, 6.45) is 2.54. The van der Waals surface area contributed by atoms with E-state index >= 15 is 0 Å². The van der Waals surface area contributed by atoms with Crippen molar-refractivity contribution in [1.29, 1.82) is 0 Å². The average molecular weight is 368 g/mol. The van der Waals surface area contributed by atoms with Crippen molar-refractivity contribution < 1.29 is 9.78 Å². The van der Waals surface area contributed by atoms with Gasteiger partial charge in [0.05, 0.1) is 12.2 Å². The van der Waals surface area contributed by atoms with E-state index in [0.717, 1.165) is 12.1 Å². The molecular formula is C18H22N7O2+. The van der Waals surface area contributed by atoms with Crippen LogP contribution in [0.1, 0.15) is 36.3 Å². The highest BCUT2D eigenvalue weighted by Gasteiger charge is 2.13. The van der Waals surface area contributed by atoms with Gasteiger partial charge in [0.1, 0.15) is 6.20 Å². The number of aromatic nitrogens is 4. The molecule has 6 N–H and O–H groups in total. The number of rotatable bonds is 6. The quantitative estimate of drug-likeness (QED) is 0.509. The van der Waals surface area contributed by atoms with Crippen LogP contribution in [0, 0.1) is 0 Å². The second-order valence-corrected chi connectivity index (χ2v) is 6.25. The number of nitrogens with zero attached hydrogens (tertiary/aromatic N) is 2. The van der Waals surface area contributed by atoms with Gasteiger partial charge in [0.25, 0.3) is 11.5 Å². The van der Waals surface area contributed by atoms with Crippen LogP contribution in [0.3, 0.4) is 0 Å². The molecule has 0 saturated carbocycles. The summed E-state index contributed by atoms with van der Waals surface area (Å²) in [4.78, 5) is 37.6. The van der Waals surface area contributed by atoms with Gasteiger partial charge in [0, 0.05) is 17.3 Å². The van der Waals surface area contributed by atoms with E-state index in [1.54, 1.807) is 18.3 Å². The summed E-state index contributed by atoms with van der Waals surface area (Å²) in [5.41, 5.74) is 7.72. The summed E-state index contributed by atoms with van der Waals surface area (Å²) in [5.74, 6) is -0.0541. The number of nitrogen functional groups attached to an aromatic ring is 1. The number of hydrogen-bond acceptors (Lipinski definition) is 6. The Morgan fingerprint density at radius 2 is 2.04 bits per heavy atom. The van der Waals surface area contributed by atoms with Gasteiger partial charge in [0.2, 0.25) is 5.52 Å². The van der Waals surface area contributed by atoms with Crippen LogP contribution < -0.4 is 26.9 Å². The molecule has 1 amide bonds. The Bertz CT molecular complexity index is 1010. The van der Waals surface area contributed by atoms with Crippen molar-refractivity contribution in [3.05, 3.63) is 52.1 Å². The average Bonchev–Trinajstić information content (AvgIpc) is 2.66. The first-order chi connectivity index (χ1) is 13.0. The van der Waals surface area contributed by atoms with Crippen molar-refractivity contribution in [3.63, 3.8) is 0 Å². The van der Waals surface area contributed by atoms with Crippen LogP contribution in [-0.2, 0) is 6.54 Å². The second kappa shape index (κ2) is 7.81. The molecule has 27 heavy (non-hydrogen) atoms. The van der Waals surface area contributed by atoms with Crippen LogP contribution in [0.4, 0.5) is 11.6 Å². The number of carbonyl (C=O) groups excluding carboxylic acids is 1. The molecule has 0 radical (unpaired) electrons. The standard InChI is InChI=1S/C18H21N7O2/c1-3-10(2)22-16(26)11-4-6-12(7-5-11)20-8-13-9-21-15-14(23-13)17(27)25-18(19)24-15/h4-7,9-10,20H,3,8H2,1-2H3,(H,22,26)(H3,19,21,24,25,27)/p+1. The predicted molar refractivity (Wildman–Crippen MR) is 102 cm³/mol. The molecular weight excluding hydrogens is 346 g/mol. The van der Waals surface area contributed by atoms with Crippen molar-refractivity contribution in [2.45, 2.75) is 32.9 Å². The fourth-order valence-electron chi connectivity index (χ4n) is 2.45. The van der Waals surface area contributed by atoms with Gasteiger partial charge in [-0.3, -0.25) is 14.6 Å². The van der Waals surface area contributed by atoms with Crippen LogP contribution in [0.15, 0.2) is 35.3 Å². The first-order valence-electron chi connectivity index (χ1n) is 8.68. The van der Waals surface area contributed by atoms with Gasteiger partial charge in [-0.15, -0.1) is 0 Å². The number of nitrogens with one attached hydrogen (secondary N) is 4. The van der Waals surface area contributed by atoms with Gasteiger partial charge < -0.3 is 16.4 Å². The van der Waals surface area contributed by atoms with E-state index in [1.807, 2.05) is 26.0 Å². The highest BCUT2D eigenvalue weighted by molar-refractivity contribution is 5.94. The summed E-state index contributed by atoms with van der Waals surface area (Å²) >= 11 is 0. The number of benzene rings is 1. The molecule has 3 rings (SSSR count). The summed E-state index contributed by atoms with van der Waals surface area (Å²) in [6, 6.07) is 7.31. The maximum Gasteiger partial charge on any atom is 0.356 e. The zero-order chi connectivity index (χ0) is 19.4. The molecule has 0 aliphatic carbocycles. The number of hydrogen-bond donors (Lipinski definition) is 4. The SMILES string of the molecule is CCC(C)NC(=O)c1ccc(NCc2c[nH+]c3nc(N)[nH]c(=O)c3n2)cc1. The van der Waals surface area contributed by atoms with E-state index in [0.29, 0.717) is 23.4 Å². The monoisotopic (exact) mass is 368 g/mol. The van der Waals surface area contributed by atoms with E-state index in [4.69, 9.17) is 5.73 Å². The van der Waals surface area contributed by atoms with Crippen LogP contribution >= 0.6 is 0 Å². The minimum atomic E-state index is -0.396. The molecule has 0 aliphatic heterocycles. The van der Waals surface area contributed by atoms with Gasteiger partial charge in [-0.25, -0.2) is 9.97 Å². The lowest BCUT2D eigenvalue weighted by atomic mass is 10.1. The van der Waals surface area contributed by atoms with Crippen LogP contribution in [0.2, 0.25) is 0 Å². The summed E-state index contributed by atoms with van der Waals surface area (Å²) in [7, 11) is 0. The third-order valence-corrected chi connectivity index (χ3v) is 4.15. The fraction of sp³-hybridized carbons (Fsp3) is 0.278. The zero-order valence-electron chi connectivity index (χ0n) is 15.2. The Morgan fingerprint density at radius 3 is 2.74 bits per heavy atom. The molecule has 1 aromatic carbocycles. The van der Waals surface area contributed by atoms with Crippen molar-refractivity contribution >= 4 is 28.7 Å². The maximum absolute atomic E-state index is 12.1. The largest absolute Gasteiger partial charge is 0.379 e. The van der Waals surface area contributed by atoms with E-state index in [-0.39, 0.29) is 23.4 Å². The highest BCUT2D eigenvalue weighted by Crippen LogP contribution is 2.11. The second-order valence-electron chi connectivity index (χ2n) is 6.25. The minimum Gasteiger partial charge on any atom is -0.379 e. The molecule has 3 aromatic rings. The first kappa shape index (κ1) is 18.3. The lowest BCUT2D eigenvalue weighted by molar-refractivity contribution is -0.349. The maximum atomic E-state index is 12.1. The van der Waals surface area contributed by atoms with Crippen molar-refractivity contribution in [3.8, 4) is 0 Å². The molecule has 0 fully saturated rings. The zero-order valence-corrected chi connectivity index (χ0v) is 15.2. The Balaban J connectivity index is 1.67. The normalized spacial score (nSPS) is 11.9. The third-order valence-electron chi connectivity index (χ3n) is 4.15. The number of carbonyl (C=O) groups is 1. The molecule has 0 saturated heterocycles. The lowest BCUT2D eigenvalue weighted by Gasteiger charge is -2.12. The number of amides is 1. The third kappa shape index (κ3) is 4.38. The lowest BCUT2D eigenvalue weighted by Crippen LogP contribution is -2.31. The number of H-pyrrole nitrogens is 2. The van der Waals surface area contributed by atoms with Crippen LogP contribution in [0.25, 0.3) is 11.2 Å². The highest BCUT2D eigenvalue weighted by atomic mass is 16.1. The molecule has 9 heteroatoms. The number of fused-ring (bicyclic) bond motifs is 1. The predicted octanol–water partition coefficient (Wildman–Crippen LogP) is 0.855. The molecule has 1 atom stereocenters. The van der Waals surface area contributed by atoms with E-state index in [1.165, 1.54) is 0 Å². The van der Waals surface area contributed by atoms with E-state index in [2.05, 4.69) is 30.6 Å². The Hall–Kier alpha value is -3.49. The molecule has 1 unspecified atom stereocenters. The van der Waals surface area contributed by atoms with Gasteiger partial charge in [0.15, 0.2) is 0 Å². The van der Waals surface area contributed by atoms with Crippen molar-refractivity contribution in [2.75, 3.05) is 11.1 Å². The molecule has 2 heterocycles. The topological polar surface area (TPSA) is 140 Å². The van der Waals surface area contributed by atoms with Gasteiger partial charge >= 0.3 is 11.6 Å². The minimum absolute atomic E-state index is 0.0360. The van der Waals surface area contributed by atoms with Gasteiger partial charge in [-0.05, 0) is 42.6 Å². The van der Waals surface area contributed by atoms with E-state index in [9.17, 15) is 9.59 Å². The van der Waals surface area contributed by atoms with E-state index < -0.39 is 5.56 Å². The smallest absolute Gasteiger partial charge is 0.356 e. The molecule has 0 aliphatic rings. The van der Waals surface area contributed by atoms with Crippen molar-refractivity contribution in [2.24, 2.45) is 0 Å². The Morgan fingerprint density at radius 1 is 1.30 bits per heavy atom. The van der Waals surface area contributed by atoms with Gasteiger partial charge in [-0.2, -0.15) is 0 Å². The van der Waals surface area contributed by atoms with Crippen LogP contribution in [0.5, 0.6) is 0 Å². The number of aromatic amines is 2.